The molecule has 0 spiro atoms. The van der Waals surface area contributed by atoms with Gasteiger partial charge in [-0.1, -0.05) is 6.58 Å². The highest BCUT2D eigenvalue weighted by molar-refractivity contribution is 5.56. The third kappa shape index (κ3) is 1.90. The zero-order valence-electron chi connectivity index (χ0n) is 9.89. The molecule has 0 aliphatic heterocycles. The van der Waals surface area contributed by atoms with Crippen molar-refractivity contribution in [1.82, 2.24) is 14.6 Å². The van der Waals surface area contributed by atoms with E-state index in [1.165, 1.54) is 12.8 Å². The molecule has 2 aromatic rings. The quantitative estimate of drug-likeness (QED) is 0.756. The summed E-state index contributed by atoms with van der Waals surface area (Å²) < 4.78 is 7.17. The van der Waals surface area contributed by atoms with Gasteiger partial charge in [0.2, 0.25) is 0 Å². The molecule has 0 radical (unpaired) electrons. The maximum absolute atomic E-state index is 5.36. The first-order valence-electron chi connectivity index (χ1n) is 5.96. The second-order valence-corrected chi connectivity index (χ2v) is 4.32. The van der Waals surface area contributed by atoms with E-state index < -0.39 is 0 Å². The predicted octanol–water partition coefficient (Wildman–Crippen LogP) is 2.61. The van der Waals surface area contributed by atoms with Crippen LogP contribution in [-0.4, -0.2) is 21.2 Å². The van der Waals surface area contributed by atoms with E-state index in [-0.39, 0.29) is 0 Å². The van der Waals surface area contributed by atoms with E-state index in [4.69, 9.17) is 4.74 Å². The van der Waals surface area contributed by atoms with Gasteiger partial charge in [-0.2, -0.15) is 5.10 Å². The Morgan fingerprint density at radius 2 is 2.41 bits per heavy atom. The molecule has 4 heteroatoms. The van der Waals surface area contributed by atoms with Crippen LogP contribution in [0.2, 0.25) is 0 Å². The Labute approximate surface area is 99.9 Å². The summed E-state index contributed by atoms with van der Waals surface area (Å²) in [5.41, 5.74) is 2.79. The third-order valence-corrected chi connectivity index (χ3v) is 2.94. The van der Waals surface area contributed by atoms with E-state index in [1.54, 1.807) is 0 Å². The lowest BCUT2D eigenvalue weighted by Crippen LogP contribution is -1.97. The summed E-state index contributed by atoms with van der Waals surface area (Å²) in [4.78, 5) is 4.50. The molecule has 0 bridgehead atoms. The molecular weight excluding hydrogens is 214 g/mol. The standard InChI is InChI=1S/C13H15N3O/c1-3-17-9(2)11-6-7-16-13(14-11)8-12(15-16)10-4-5-10/h6-8,10H,2-5H2,1H3. The fraction of sp³-hybridized carbons (Fsp3) is 0.385. The van der Waals surface area contributed by atoms with E-state index in [2.05, 4.69) is 22.7 Å². The Morgan fingerprint density at radius 3 is 3.12 bits per heavy atom. The second-order valence-electron chi connectivity index (χ2n) is 4.32. The molecule has 1 aliphatic rings. The third-order valence-electron chi connectivity index (χ3n) is 2.94. The molecule has 1 aliphatic carbocycles. The molecule has 2 heterocycles. The maximum atomic E-state index is 5.36. The summed E-state index contributed by atoms with van der Waals surface area (Å²) in [7, 11) is 0. The van der Waals surface area contributed by atoms with E-state index >= 15 is 0 Å². The van der Waals surface area contributed by atoms with Crippen molar-refractivity contribution in [1.29, 1.82) is 0 Å². The minimum Gasteiger partial charge on any atom is -0.492 e. The molecule has 0 saturated heterocycles. The van der Waals surface area contributed by atoms with Gasteiger partial charge in [0, 0.05) is 18.2 Å². The summed E-state index contributed by atoms with van der Waals surface area (Å²) in [6.45, 7) is 6.41. The molecule has 0 amide bonds. The van der Waals surface area contributed by atoms with Gasteiger partial charge in [-0.3, -0.25) is 0 Å². The van der Waals surface area contributed by atoms with E-state index in [9.17, 15) is 0 Å². The van der Waals surface area contributed by atoms with Crippen LogP contribution in [0.15, 0.2) is 24.9 Å². The van der Waals surface area contributed by atoms with Crippen molar-refractivity contribution >= 4 is 11.4 Å². The van der Waals surface area contributed by atoms with Crippen molar-refractivity contribution in [2.45, 2.75) is 25.7 Å². The van der Waals surface area contributed by atoms with Crippen LogP contribution >= 0.6 is 0 Å². The van der Waals surface area contributed by atoms with Gasteiger partial charge in [-0.05, 0) is 25.8 Å². The summed E-state index contributed by atoms with van der Waals surface area (Å²) in [5, 5.41) is 4.50. The van der Waals surface area contributed by atoms with E-state index in [0.29, 0.717) is 18.3 Å². The lowest BCUT2D eigenvalue weighted by Gasteiger charge is -2.05. The fourth-order valence-corrected chi connectivity index (χ4v) is 1.88. The van der Waals surface area contributed by atoms with Crippen LogP contribution in [0.1, 0.15) is 37.1 Å². The van der Waals surface area contributed by atoms with Gasteiger partial charge >= 0.3 is 0 Å². The van der Waals surface area contributed by atoms with Gasteiger partial charge < -0.3 is 4.74 Å². The van der Waals surface area contributed by atoms with Gasteiger partial charge in [0.05, 0.1) is 12.3 Å². The highest BCUT2D eigenvalue weighted by Gasteiger charge is 2.26. The SMILES string of the molecule is C=C(OCC)c1ccn2nc(C3CC3)cc2n1. The van der Waals surface area contributed by atoms with Crippen molar-refractivity contribution in [3.8, 4) is 0 Å². The van der Waals surface area contributed by atoms with Crippen molar-refractivity contribution < 1.29 is 4.74 Å². The van der Waals surface area contributed by atoms with Crippen LogP contribution in [0.5, 0.6) is 0 Å². The monoisotopic (exact) mass is 229 g/mol. The smallest absolute Gasteiger partial charge is 0.156 e. The fourth-order valence-electron chi connectivity index (χ4n) is 1.88. The van der Waals surface area contributed by atoms with E-state index in [0.717, 1.165) is 17.0 Å². The number of fused-ring (bicyclic) bond motifs is 1. The van der Waals surface area contributed by atoms with Gasteiger partial charge in [-0.25, -0.2) is 9.50 Å². The molecule has 1 fully saturated rings. The van der Waals surface area contributed by atoms with Crippen LogP contribution in [0.3, 0.4) is 0 Å². The van der Waals surface area contributed by atoms with Gasteiger partial charge in [-0.15, -0.1) is 0 Å². The minimum absolute atomic E-state index is 0.609. The first-order valence-corrected chi connectivity index (χ1v) is 5.96. The average Bonchev–Trinajstić information content (AvgIpc) is 3.08. The van der Waals surface area contributed by atoms with Gasteiger partial charge in [0.15, 0.2) is 5.65 Å². The minimum atomic E-state index is 0.609. The lowest BCUT2D eigenvalue weighted by molar-refractivity contribution is 0.298. The highest BCUT2D eigenvalue weighted by atomic mass is 16.5. The summed E-state index contributed by atoms with van der Waals surface area (Å²) in [6, 6.07) is 3.94. The molecule has 17 heavy (non-hydrogen) atoms. The van der Waals surface area contributed by atoms with Crippen LogP contribution in [0, 0.1) is 0 Å². The van der Waals surface area contributed by atoms with Crippen LogP contribution < -0.4 is 0 Å². The Morgan fingerprint density at radius 1 is 1.59 bits per heavy atom. The molecular formula is C13H15N3O. The summed E-state index contributed by atoms with van der Waals surface area (Å²) in [6.07, 6.45) is 4.42. The normalized spacial score (nSPS) is 15.1. The number of hydrogen-bond donors (Lipinski definition) is 0. The Balaban J connectivity index is 1.97. The molecule has 4 nitrogen and oxygen atoms in total. The molecule has 0 N–H and O–H groups in total. The average molecular weight is 229 g/mol. The largest absolute Gasteiger partial charge is 0.492 e. The van der Waals surface area contributed by atoms with Crippen molar-refractivity contribution in [2.75, 3.05) is 6.61 Å². The zero-order valence-corrected chi connectivity index (χ0v) is 9.89. The zero-order chi connectivity index (χ0) is 11.8. The van der Waals surface area contributed by atoms with Gasteiger partial charge in [0.1, 0.15) is 11.5 Å². The molecule has 0 aromatic carbocycles. The Kier molecular flexibility index (Phi) is 2.35. The number of aromatic nitrogens is 3. The Hall–Kier alpha value is -1.84. The molecule has 1 saturated carbocycles. The topological polar surface area (TPSA) is 39.4 Å². The van der Waals surface area contributed by atoms with E-state index in [1.807, 2.05) is 23.7 Å². The first-order chi connectivity index (χ1) is 8.28. The van der Waals surface area contributed by atoms with Crippen molar-refractivity contribution in [3.05, 3.63) is 36.3 Å². The van der Waals surface area contributed by atoms with Crippen molar-refractivity contribution in [3.63, 3.8) is 0 Å². The molecule has 3 rings (SSSR count). The molecule has 0 unspecified atom stereocenters. The molecule has 2 aromatic heterocycles. The van der Waals surface area contributed by atoms with Crippen LogP contribution in [0.4, 0.5) is 0 Å². The number of nitrogens with zero attached hydrogens (tertiary/aromatic N) is 3. The molecule has 88 valence electrons. The second kappa shape index (κ2) is 3.87. The van der Waals surface area contributed by atoms with Gasteiger partial charge in [0.25, 0.3) is 0 Å². The number of hydrogen-bond acceptors (Lipinski definition) is 3. The predicted molar refractivity (Wildman–Crippen MR) is 65.6 cm³/mol. The molecule has 0 atom stereocenters. The highest BCUT2D eigenvalue weighted by Crippen LogP contribution is 2.39. The summed E-state index contributed by atoms with van der Waals surface area (Å²) in [5.74, 6) is 1.26. The van der Waals surface area contributed by atoms with Crippen LogP contribution in [-0.2, 0) is 4.74 Å². The number of ether oxygens (including phenoxy) is 1. The van der Waals surface area contributed by atoms with Crippen LogP contribution in [0.25, 0.3) is 11.4 Å². The van der Waals surface area contributed by atoms with Crippen molar-refractivity contribution in [2.24, 2.45) is 0 Å². The number of rotatable bonds is 4. The summed E-state index contributed by atoms with van der Waals surface area (Å²) >= 11 is 0. The Bertz CT molecular complexity index is 569. The lowest BCUT2D eigenvalue weighted by atomic mass is 10.3. The first kappa shape index (κ1) is 10.3. The maximum Gasteiger partial charge on any atom is 0.156 e.